The smallest absolute Gasteiger partial charge is 0.255 e. The van der Waals surface area contributed by atoms with Crippen LogP contribution in [0.3, 0.4) is 0 Å². The van der Waals surface area contributed by atoms with Crippen molar-refractivity contribution < 1.29 is 13.2 Å². The van der Waals surface area contributed by atoms with E-state index in [0.717, 1.165) is 10.9 Å². The maximum Gasteiger partial charge on any atom is 0.393 e. The zero-order valence-electron chi connectivity index (χ0n) is 11.1. The first kappa shape index (κ1) is 13.6. The molecule has 0 aliphatic rings. The maximum atomic E-state index is 12.7. The van der Waals surface area contributed by atoms with E-state index in [1.165, 1.54) is 6.20 Å². The van der Waals surface area contributed by atoms with Crippen molar-refractivity contribution >= 4 is 10.8 Å². The molecule has 0 spiro atoms. The van der Waals surface area contributed by atoms with Crippen molar-refractivity contribution in [2.75, 3.05) is 0 Å². The molecule has 0 atom stereocenters. The molecule has 0 radical (unpaired) electrons. The summed E-state index contributed by atoms with van der Waals surface area (Å²) in [7, 11) is 0. The zero-order chi connectivity index (χ0) is 14.9. The minimum atomic E-state index is -4.24. The molecule has 1 nitrogen and oxygen atoms in total. The number of fused-ring (bicyclic) bond motifs is 1. The zero-order valence-corrected chi connectivity index (χ0v) is 11.1. The van der Waals surface area contributed by atoms with Crippen LogP contribution in [-0.2, 0) is 6.42 Å². The fourth-order valence-corrected chi connectivity index (χ4v) is 2.43. The summed E-state index contributed by atoms with van der Waals surface area (Å²) in [6.07, 6.45) is -3.87. The van der Waals surface area contributed by atoms with Crippen LogP contribution in [0.5, 0.6) is 0 Å². The lowest BCUT2D eigenvalue weighted by molar-refractivity contribution is -0.127. The molecule has 0 fully saturated rings. The van der Waals surface area contributed by atoms with E-state index in [1.807, 2.05) is 42.5 Å². The Morgan fingerprint density at radius 3 is 2.10 bits per heavy atom. The fraction of sp³-hybridized carbons (Fsp3) is 0.118. The van der Waals surface area contributed by atoms with Crippen LogP contribution in [0.2, 0.25) is 0 Å². The van der Waals surface area contributed by atoms with Crippen LogP contribution < -0.4 is 0 Å². The second-order valence-corrected chi connectivity index (χ2v) is 4.84. The van der Waals surface area contributed by atoms with Gasteiger partial charge in [0.05, 0.1) is 12.1 Å². The Balaban J connectivity index is 2.20. The largest absolute Gasteiger partial charge is 0.393 e. The summed E-state index contributed by atoms with van der Waals surface area (Å²) in [5.74, 6) is 0. The molecule has 21 heavy (non-hydrogen) atoms. The minimum absolute atomic E-state index is 0.206. The number of pyridine rings is 1. The van der Waals surface area contributed by atoms with Crippen LogP contribution >= 0.6 is 0 Å². The SMILES string of the molecule is FC(F)(F)Cc1cnc(-c2ccccc2)c2ccccc12. The van der Waals surface area contributed by atoms with Crippen LogP contribution in [0, 0.1) is 0 Å². The van der Waals surface area contributed by atoms with Crippen molar-refractivity contribution in [2.24, 2.45) is 0 Å². The van der Waals surface area contributed by atoms with E-state index in [-0.39, 0.29) is 5.56 Å². The summed E-state index contributed by atoms with van der Waals surface area (Å²) in [5, 5.41) is 1.34. The molecule has 2 aromatic carbocycles. The topological polar surface area (TPSA) is 12.9 Å². The van der Waals surface area contributed by atoms with E-state index in [0.29, 0.717) is 11.1 Å². The maximum absolute atomic E-state index is 12.7. The molecule has 0 amide bonds. The summed E-state index contributed by atoms with van der Waals surface area (Å²) in [6, 6.07) is 16.5. The molecular weight excluding hydrogens is 275 g/mol. The number of halogens is 3. The quantitative estimate of drug-likeness (QED) is 0.646. The van der Waals surface area contributed by atoms with Gasteiger partial charge in [0.15, 0.2) is 0 Å². The lowest BCUT2D eigenvalue weighted by atomic mass is 9.99. The van der Waals surface area contributed by atoms with Gasteiger partial charge in [0, 0.05) is 17.1 Å². The van der Waals surface area contributed by atoms with E-state index < -0.39 is 12.6 Å². The summed E-state index contributed by atoms with van der Waals surface area (Å²) in [5.41, 5.74) is 1.81. The molecule has 0 aliphatic heterocycles. The van der Waals surface area contributed by atoms with Crippen LogP contribution in [0.1, 0.15) is 5.56 Å². The number of hydrogen-bond acceptors (Lipinski definition) is 1. The van der Waals surface area contributed by atoms with Gasteiger partial charge in [-0.1, -0.05) is 54.6 Å². The second-order valence-electron chi connectivity index (χ2n) is 4.84. The highest BCUT2D eigenvalue weighted by molar-refractivity contribution is 5.96. The Hall–Kier alpha value is -2.36. The lowest BCUT2D eigenvalue weighted by Crippen LogP contribution is -2.12. The molecule has 0 saturated heterocycles. The molecule has 0 bridgehead atoms. The summed E-state index contributed by atoms with van der Waals surface area (Å²) in [4.78, 5) is 4.26. The van der Waals surface area contributed by atoms with Gasteiger partial charge >= 0.3 is 6.18 Å². The molecule has 3 rings (SSSR count). The normalized spacial score (nSPS) is 11.8. The Kier molecular flexibility index (Phi) is 3.37. The van der Waals surface area contributed by atoms with Crippen molar-refractivity contribution in [3.8, 4) is 11.3 Å². The fourth-order valence-electron chi connectivity index (χ4n) is 2.43. The highest BCUT2D eigenvalue weighted by atomic mass is 19.4. The molecule has 4 heteroatoms. The highest BCUT2D eigenvalue weighted by Crippen LogP contribution is 2.31. The van der Waals surface area contributed by atoms with Gasteiger partial charge in [0.25, 0.3) is 0 Å². The number of alkyl halides is 3. The monoisotopic (exact) mass is 287 g/mol. The highest BCUT2D eigenvalue weighted by Gasteiger charge is 2.29. The van der Waals surface area contributed by atoms with Crippen LogP contribution in [0.4, 0.5) is 13.2 Å². The summed E-state index contributed by atoms with van der Waals surface area (Å²) in [6.45, 7) is 0. The minimum Gasteiger partial charge on any atom is -0.255 e. The summed E-state index contributed by atoms with van der Waals surface area (Å²) < 4.78 is 38.0. The van der Waals surface area contributed by atoms with Crippen molar-refractivity contribution in [1.82, 2.24) is 4.98 Å². The van der Waals surface area contributed by atoms with Crippen molar-refractivity contribution in [3.05, 3.63) is 66.4 Å². The van der Waals surface area contributed by atoms with Crippen molar-refractivity contribution in [2.45, 2.75) is 12.6 Å². The van der Waals surface area contributed by atoms with Gasteiger partial charge in [-0.2, -0.15) is 13.2 Å². The lowest BCUT2D eigenvalue weighted by Gasteiger charge is -2.12. The van der Waals surface area contributed by atoms with Crippen LogP contribution in [0.25, 0.3) is 22.0 Å². The number of aromatic nitrogens is 1. The first-order chi connectivity index (χ1) is 10.0. The Labute approximate surface area is 120 Å². The first-order valence-corrected chi connectivity index (χ1v) is 6.53. The molecule has 0 aliphatic carbocycles. The van der Waals surface area contributed by atoms with Gasteiger partial charge in [-0.25, -0.2) is 0 Å². The van der Waals surface area contributed by atoms with Crippen molar-refractivity contribution in [3.63, 3.8) is 0 Å². The molecule has 1 aromatic heterocycles. The number of nitrogens with zero attached hydrogens (tertiary/aromatic N) is 1. The van der Waals surface area contributed by atoms with Crippen LogP contribution in [0.15, 0.2) is 60.8 Å². The van der Waals surface area contributed by atoms with E-state index >= 15 is 0 Å². The molecule has 0 unspecified atom stereocenters. The predicted molar refractivity (Wildman–Crippen MR) is 76.9 cm³/mol. The third-order valence-corrected chi connectivity index (χ3v) is 3.32. The molecule has 106 valence electrons. The molecule has 0 saturated carbocycles. The molecule has 3 aromatic rings. The Morgan fingerprint density at radius 1 is 0.810 bits per heavy atom. The van der Waals surface area contributed by atoms with E-state index in [4.69, 9.17) is 0 Å². The Bertz CT molecular complexity index is 764. The number of hydrogen-bond donors (Lipinski definition) is 0. The van der Waals surface area contributed by atoms with E-state index in [1.54, 1.807) is 12.1 Å². The van der Waals surface area contributed by atoms with Gasteiger partial charge in [-0.05, 0) is 10.9 Å². The standard InChI is InChI=1S/C17H12F3N/c18-17(19,20)10-13-11-21-16(12-6-2-1-3-7-12)15-9-5-4-8-14(13)15/h1-9,11H,10H2. The van der Waals surface area contributed by atoms with Crippen LogP contribution in [-0.4, -0.2) is 11.2 Å². The van der Waals surface area contributed by atoms with Gasteiger partial charge in [0.1, 0.15) is 0 Å². The molecular formula is C17H12F3N. The van der Waals surface area contributed by atoms with Gasteiger partial charge < -0.3 is 0 Å². The average Bonchev–Trinajstić information content (AvgIpc) is 2.47. The molecule has 0 N–H and O–H groups in total. The predicted octanol–water partition coefficient (Wildman–Crippen LogP) is 5.01. The Morgan fingerprint density at radius 2 is 1.43 bits per heavy atom. The molecule has 1 heterocycles. The first-order valence-electron chi connectivity index (χ1n) is 6.53. The third kappa shape index (κ3) is 2.89. The number of benzene rings is 2. The van der Waals surface area contributed by atoms with Crippen molar-refractivity contribution in [1.29, 1.82) is 0 Å². The average molecular weight is 287 g/mol. The summed E-state index contributed by atoms with van der Waals surface area (Å²) >= 11 is 0. The second kappa shape index (κ2) is 5.20. The number of rotatable bonds is 2. The van der Waals surface area contributed by atoms with E-state index in [2.05, 4.69) is 4.98 Å². The van der Waals surface area contributed by atoms with E-state index in [9.17, 15) is 13.2 Å². The third-order valence-electron chi connectivity index (χ3n) is 3.32. The van der Waals surface area contributed by atoms with Gasteiger partial charge in [-0.3, -0.25) is 4.98 Å². The van der Waals surface area contributed by atoms with Gasteiger partial charge in [0.2, 0.25) is 0 Å². The van der Waals surface area contributed by atoms with Gasteiger partial charge in [-0.15, -0.1) is 0 Å².